The van der Waals surface area contributed by atoms with E-state index in [0.29, 0.717) is 18.2 Å². The molecule has 5 nitrogen and oxygen atoms in total. The van der Waals surface area contributed by atoms with Crippen LogP contribution in [0.2, 0.25) is 0 Å². The molecule has 0 bridgehead atoms. The number of nitrogens with one attached hydrogen (secondary N) is 2. The first-order valence-corrected chi connectivity index (χ1v) is 7.57. The minimum atomic E-state index is -0.450. The Morgan fingerprint density at radius 2 is 2.23 bits per heavy atom. The number of hydrogen-bond acceptors (Lipinski definition) is 3. The fourth-order valence-corrected chi connectivity index (χ4v) is 3.07. The van der Waals surface area contributed by atoms with Crippen molar-refractivity contribution in [3.05, 3.63) is 63.1 Å². The van der Waals surface area contributed by atoms with Gasteiger partial charge in [0.2, 0.25) is 0 Å². The first-order valence-electron chi connectivity index (χ1n) is 7.57. The molecule has 1 unspecified atom stereocenters. The molecule has 0 radical (unpaired) electrons. The second-order valence-corrected chi connectivity index (χ2v) is 5.73. The molecule has 1 aromatic carbocycles. The number of carbonyl (C=O) groups is 1. The van der Waals surface area contributed by atoms with E-state index in [1.165, 1.54) is 17.2 Å². The number of aromatic amines is 1. The summed E-state index contributed by atoms with van der Waals surface area (Å²) >= 11 is 0. The number of benzene rings is 1. The van der Waals surface area contributed by atoms with Crippen LogP contribution in [0.25, 0.3) is 0 Å². The molecule has 1 aliphatic rings. The van der Waals surface area contributed by atoms with Gasteiger partial charge >= 0.3 is 0 Å². The zero-order valence-electron chi connectivity index (χ0n) is 12.6. The Kier molecular flexibility index (Phi) is 4.04. The number of nitrogens with zero attached hydrogens (tertiary/aromatic N) is 1. The smallest absolute Gasteiger partial charge is 0.277 e. The molecule has 1 aromatic heterocycles. The minimum Gasteiger partial charge on any atom is -0.352 e. The summed E-state index contributed by atoms with van der Waals surface area (Å²) in [7, 11) is 0. The average Bonchev–Trinajstić information content (AvgIpc) is 2.93. The van der Waals surface area contributed by atoms with Gasteiger partial charge in [0.15, 0.2) is 0 Å². The summed E-state index contributed by atoms with van der Waals surface area (Å²) in [6.45, 7) is 2.31. The molecule has 0 saturated carbocycles. The quantitative estimate of drug-likeness (QED) is 0.905. The summed E-state index contributed by atoms with van der Waals surface area (Å²) in [5.41, 5.74) is 3.11. The number of aromatic nitrogens is 2. The minimum absolute atomic E-state index is 0.124. The summed E-state index contributed by atoms with van der Waals surface area (Å²) < 4.78 is 0. The first kappa shape index (κ1) is 14.5. The van der Waals surface area contributed by atoms with Crippen LogP contribution < -0.4 is 10.9 Å². The second-order valence-electron chi connectivity index (χ2n) is 5.73. The van der Waals surface area contributed by atoms with Crippen LogP contribution in [0.5, 0.6) is 0 Å². The van der Waals surface area contributed by atoms with Crippen molar-refractivity contribution in [2.75, 3.05) is 6.54 Å². The summed E-state index contributed by atoms with van der Waals surface area (Å²) in [4.78, 5) is 23.7. The van der Waals surface area contributed by atoms with Gasteiger partial charge in [0.25, 0.3) is 11.5 Å². The Hall–Kier alpha value is -2.43. The molecule has 1 aliphatic carbocycles. The molecule has 5 heteroatoms. The number of rotatable bonds is 4. The van der Waals surface area contributed by atoms with E-state index in [2.05, 4.69) is 39.8 Å². The third-order valence-electron chi connectivity index (χ3n) is 4.21. The Bertz CT molecular complexity index is 752. The van der Waals surface area contributed by atoms with Crippen LogP contribution in [-0.2, 0) is 6.42 Å². The summed E-state index contributed by atoms with van der Waals surface area (Å²) in [5, 5.41) is 8.94. The maximum absolute atomic E-state index is 12.1. The Morgan fingerprint density at radius 1 is 1.41 bits per heavy atom. The van der Waals surface area contributed by atoms with Crippen molar-refractivity contribution in [1.29, 1.82) is 0 Å². The van der Waals surface area contributed by atoms with Gasteiger partial charge < -0.3 is 5.32 Å². The lowest BCUT2D eigenvalue weighted by Gasteiger charge is -2.12. The SMILES string of the molecule is Cc1cc(C(=O)NCCC2CCc3ccccc32)c(=O)[nH]n1. The maximum atomic E-state index is 12.1. The van der Waals surface area contributed by atoms with Crippen molar-refractivity contribution >= 4 is 5.91 Å². The molecule has 0 spiro atoms. The highest BCUT2D eigenvalue weighted by atomic mass is 16.2. The number of fused-ring (bicyclic) bond motifs is 1. The van der Waals surface area contributed by atoms with E-state index in [1.807, 2.05) is 0 Å². The number of H-pyrrole nitrogens is 1. The monoisotopic (exact) mass is 297 g/mol. The second kappa shape index (κ2) is 6.13. The summed E-state index contributed by atoms with van der Waals surface area (Å²) in [5.74, 6) is 0.159. The van der Waals surface area contributed by atoms with Crippen molar-refractivity contribution in [2.45, 2.75) is 32.1 Å². The molecule has 3 rings (SSSR count). The van der Waals surface area contributed by atoms with Crippen LogP contribution in [0.4, 0.5) is 0 Å². The third-order valence-corrected chi connectivity index (χ3v) is 4.21. The molecule has 1 atom stereocenters. The molecule has 114 valence electrons. The first-order chi connectivity index (χ1) is 10.6. The number of amides is 1. The standard InChI is InChI=1S/C17H19N3O2/c1-11-10-15(17(22)20-19-11)16(21)18-9-8-13-7-6-12-4-2-3-5-14(12)13/h2-5,10,13H,6-9H2,1H3,(H,18,21)(H,20,22). The predicted molar refractivity (Wildman–Crippen MR) is 84.0 cm³/mol. The highest BCUT2D eigenvalue weighted by molar-refractivity contribution is 5.93. The topological polar surface area (TPSA) is 74.8 Å². The van der Waals surface area contributed by atoms with E-state index in [9.17, 15) is 9.59 Å². The Labute approximate surface area is 128 Å². The molecular formula is C17H19N3O2. The number of aryl methyl sites for hydroxylation is 2. The number of hydrogen-bond donors (Lipinski definition) is 2. The highest BCUT2D eigenvalue weighted by Crippen LogP contribution is 2.34. The Balaban J connectivity index is 1.59. The van der Waals surface area contributed by atoms with Gasteiger partial charge in [0.1, 0.15) is 5.56 Å². The van der Waals surface area contributed by atoms with Gasteiger partial charge in [-0.3, -0.25) is 9.59 Å². The number of carbonyl (C=O) groups excluding carboxylic acids is 1. The molecular weight excluding hydrogens is 278 g/mol. The van der Waals surface area contributed by atoms with Crippen LogP contribution in [0, 0.1) is 6.92 Å². The van der Waals surface area contributed by atoms with E-state index >= 15 is 0 Å². The van der Waals surface area contributed by atoms with Crippen molar-refractivity contribution in [2.24, 2.45) is 0 Å². The Morgan fingerprint density at radius 3 is 3.09 bits per heavy atom. The molecule has 0 saturated heterocycles. The van der Waals surface area contributed by atoms with Crippen molar-refractivity contribution in [1.82, 2.24) is 15.5 Å². The van der Waals surface area contributed by atoms with Gasteiger partial charge in [-0.15, -0.1) is 0 Å². The molecule has 1 heterocycles. The maximum Gasteiger partial charge on any atom is 0.277 e. The largest absolute Gasteiger partial charge is 0.352 e. The van der Waals surface area contributed by atoms with Gasteiger partial charge in [-0.05, 0) is 49.3 Å². The average molecular weight is 297 g/mol. The van der Waals surface area contributed by atoms with E-state index in [-0.39, 0.29) is 11.5 Å². The van der Waals surface area contributed by atoms with Crippen LogP contribution >= 0.6 is 0 Å². The van der Waals surface area contributed by atoms with Gasteiger partial charge in [0, 0.05) is 6.54 Å². The van der Waals surface area contributed by atoms with E-state index in [0.717, 1.165) is 19.3 Å². The van der Waals surface area contributed by atoms with Crippen LogP contribution in [0.3, 0.4) is 0 Å². The van der Waals surface area contributed by atoms with Crippen molar-refractivity contribution in [3.8, 4) is 0 Å². The van der Waals surface area contributed by atoms with E-state index in [4.69, 9.17) is 0 Å². The summed E-state index contributed by atoms with van der Waals surface area (Å²) in [6, 6.07) is 9.99. The zero-order chi connectivity index (χ0) is 15.5. The lowest BCUT2D eigenvalue weighted by Crippen LogP contribution is -2.31. The normalized spacial score (nSPS) is 16.3. The molecule has 1 amide bonds. The lowest BCUT2D eigenvalue weighted by atomic mass is 9.98. The third kappa shape index (κ3) is 2.93. The van der Waals surface area contributed by atoms with Crippen molar-refractivity contribution < 1.29 is 4.79 Å². The van der Waals surface area contributed by atoms with E-state index < -0.39 is 5.56 Å². The predicted octanol–water partition coefficient (Wildman–Crippen LogP) is 1.93. The molecule has 2 N–H and O–H groups in total. The van der Waals surface area contributed by atoms with Gasteiger partial charge in [0.05, 0.1) is 5.69 Å². The van der Waals surface area contributed by atoms with Crippen molar-refractivity contribution in [3.63, 3.8) is 0 Å². The molecule has 0 aliphatic heterocycles. The molecule has 22 heavy (non-hydrogen) atoms. The van der Waals surface area contributed by atoms with Gasteiger partial charge in [-0.2, -0.15) is 5.10 Å². The van der Waals surface area contributed by atoms with Crippen LogP contribution in [0.1, 0.15) is 45.9 Å². The van der Waals surface area contributed by atoms with Gasteiger partial charge in [-0.1, -0.05) is 24.3 Å². The van der Waals surface area contributed by atoms with Crippen LogP contribution in [0.15, 0.2) is 35.1 Å². The van der Waals surface area contributed by atoms with E-state index in [1.54, 1.807) is 6.92 Å². The highest BCUT2D eigenvalue weighted by Gasteiger charge is 2.21. The van der Waals surface area contributed by atoms with Crippen LogP contribution in [-0.4, -0.2) is 22.6 Å². The fourth-order valence-electron chi connectivity index (χ4n) is 3.07. The zero-order valence-corrected chi connectivity index (χ0v) is 12.6. The lowest BCUT2D eigenvalue weighted by molar-refractivity contribution is 0.0950. The van der Waals surface area contributed by atoms with Gasteiger partial charge in [-0.25, -0.2) is 5.10 Å². The summed E-state index contributed by atoms with van der Waals surface area (Å²) in [6.07, 6.45) is 3.13. The fraction of sp³-hybridized carbons (Fsp3) is 0.353. The molecule has 2 aromatic rings. The molecule has 0 fully saturated rings.